The lowest BCUT2D eigenvalue weighted by atomic mass is 9.94. The Morgan fingerprint density at radius 3 is 2.71 bits per heavy atom. The van der Waals surface area contributed by atoms with E-state index in [0.29, 0.717) is 6.04 Å². The number of aryl methyl sites for hydroxylation is 1. The van der Waals surface area contributed by atoms with Crippen LogP contribution in [0, 0.1) is 0 Å². The minimum absolute atomic E-state index is 0.617. The van der Waals surface area contributed by atoms with Crippen molar-refractivity contribution in [3.8, 4) is 0 Å². The van der Waals surface area contributed by atoms with Gasteiger partial charge in [-0.3, -0.25) is 0 Å². The highest BCUT2D eigenvalue weighted by molar-refractivity contribution is 7.18. The Balaban J connectivity index is 2.03. The molecule has 1 fully saturated rings. The lowest BCUT2D eigenvalue weighted by Gasteiger charge is -2.32. The Morgan fingerprint density at radius 2 is 2.05 bits per heavy atom. The maximum atomic E-state index is 4.75. The van der Waals surface area contributed by atoms with Crippen LogP contribution in [0.5, 0.6) is 0 Å². The summed E-state index contributed by atoms with van der Waals surface area (Å²) in [4.78, 5) is 14.2. The van der Waals surface area contributed by atoms with Gasteiger partial charge in [0.2, 0.25) is 5.95 Å². The molecule has 2 aromatic heterocycles. The molecule has 1 N–H and O–H groups in total. The third kappa shape index (κ3) is 2.84. The normalized spacial score (nSPS) is 16.3. The first-order valence-corrected chi connectivity index (χ1v) is 8.75. The first kappa shape index (κ1) is 14.6. The van der Waals surface area contributed by atoms with Gasteiger partial charge in [0.25, 0.3) is 0 Å². The number of hydrogen-bond donors (Lipinski definition) is 1. The van der Waals surface area contributed by atoms with Gasteiger partial charge in [-0.25, -0.2) is 4.98 Å². The molecule has 0 aromatic carbocycles. The zero-order valence-corrected chi connectivity index (χ0v) is 14.0. The number of rotatable bonds is 4. The van der Waals surface area contributed by atoms with Crippen LogP contribution in [-0.4, -0.2) is 30.1 Å². The number of anilines is 2. The summed E-state index contributed by atoms with van der Waals surface area (Å²) >= 11 is 1.79. The summed E-state index contributed by atoms with van der Waals surface area (Å²) in [6, 6.07) is 2.89. The van der Waals surface area contributed by atoms with Gasteiger partial charge < -0.3 is 10.2 Å². The van der Waals surface area contributed by atoms with Gasteiger partial charge in [0.05, 0.1) is 5.39 Å². The van der Waals surface area contributed by atoms with Gasteiger partial charge in [0.15, 0.2) is 0 Å². The molecule has 0 amide bonds. The number of nitrogens with one attached hydrogen (secondary N) is 1. The van der Waals surface area contributed by atoms with Crippen LogP contribution in [-0.2, 0) is 6.42 Å². The van der Waals surface area contributed by atoms with Gasteiger partial charge >= 0.3 is 0 Å². The summed E-state index contributed by atoms with van der Waals surface area (Å²) in [6.45, 7) is 2.20. The molecule has 0 atom stereocenters. The van der Waals surface area contributed by atoms with Crippen LogP contribution in [0.15, 0.2) is 6.07 Å². The average Bonchev–Trinajstić information content (AvgIpc) is 2.97. The van der Waals surface area contributed by atoms with E-state index in [-0.39, 0.29) is 0 Å². The highest BCUT2D eigenvalue weighted by Gasteiger charge is 2.22. The molecule has 2 heterocycles. The molecule has 1 aliphatic carbocycles. The number of fused-ring (bicyclic) bond motifs is 1. The summed E-state index contributed by atoms with van der Waals surface area (Å²) in [7, 11) is 4.08. The van der Waals surface area contributed by atoms with Crippen molar-refractivity contribution in [3.63, 3.8) is 0 Å². The van der Waals surface area contributed by atoms with Crippen molar-refractivity contribution >= 4 is 33.3 Å². The zero-order chi connectivity index (χ0) is 14.8. The quantitative estimate of drug-likeness (QED) is 0.924. The Bertz CT molecular complexity index is 616. The van der Waals surface area contributed by atoms with Gasteiger partial charge in [0.1, 0.15) is 10.6 Å². The molecule has 1 saturated carbocycles. The highest BCUT2D eigenvalue weighted by Crippen LogP contribution is 2.34. The molecule has 2 aromatic rings. The summed E-state index contributed by atoms with van der Waals surface area (Å²) in [5.41, 5.74) is 0. The van der Waals surface area contributed by atoms with Crippen molar-refractivity contribution in [1.82, 2.24) is 9.97 Å². The van der Waals surface area contributed by atoms with E-state index >= 15 is 0 Å². The van der Waals surface area contributed by atoms with Crippen LogP contribution in [0.2, 0.25) is 0 Å². The van der Waals surface area contributed by atoms with Crippen molar-refractivity contribution in [3.05, 3.63) is 10.9 Å². The molecule has 1 aliphatic rings. The Morgan fingerprint density at radius 1 is 1.29 bits per heavy atom. The van der Waals surface area contributed by atoms with E-state index in [1.165, 1.54) is 42.4 Å². The molecule has 0 unspecified atom stereocenters. The second kappa shape index (κ2) is 6.18. The van der Waals surface area contributed by atoms with Gasteiger partial charge in [-0.2, -0.15) is 4.98 Å². The van der Waals surface area contributed by atoms with Crippen LogP contribution in [0.4, 0.5) is 11.8 Å². The van der Waals surface area contributed by atoms with E-state index in [9.17, 15) is 0 Å². The molecule has 21 heavy (non-hydrogen) atoms. The number of thiophene rings is 1. The standard InChI is InChI=1S/C16H24N4S/c1-4-12-10-13-14(18-16(17-2)19-15(13)21-12)20(3)11-8-6-5-7-9-11/h10-11H,4-9H2,1-3H3,(H,17,18,19). The second-order valence-electron chi connectivity index (χ2n) is 5.81. The van der Waals surface area contributed by atoms with E-state index in [2.05, 4.69) is 35.2 Å². The average molecular weight is 304 g/mol. The van der Waals surface area contributed by atoms with Crippen LogP contribution in [0.3, 0.4) is 0 Å². The van der Waals surface area contributed by atoms with Crippen molar-refractivity contribution in [2.75, 3.05) is 24.3 Å². The van der Waals surface area contributed by atoms with Crippen molar-refractivity contribution in [1.29, 1.82) is 0 Å². The predicted octanol–water partition coefficient (Wildman–Crippen LogP) is 4.06. The highest BCUT2D eigenvalue weighted by atomic mass is 32.1. The topological polar surface area (TPSA) is 41.1 Å². The van der Waals surface area contributed by atoms with Crippen LogP contribution in [0.25, 0.3) is 10.2 Å². The first-order valence-electron chi connectivity index (χ1n) is 7.94. The maximum Gasteiger partial charge on any atom is 0.225 e. The summed E-state index contributed by atoms with van der Waals surface area (Å²) in [5, 5.41) is 4.31. The minimum atomic E-state index is 0.617. The maximum absolute atomic E-state index is 4.75. The molecule has 0 radical (unpaired) electrons. The Kier molecular flexibility index (Phi) is 4.29. The molecule has 0 aliphatic heterocycles. The third-order valence-corrected chi connectivity index (χ3v) is 5.63. The number of aromatic nitrogens is 2. The zero-order valence-electron chi connectivity index (χ0n) is 13.1. The fourth-order valence-electron chi connectivity index (χ4n) is 3.15. The molecule has 0 spiro atoms. The van der Waals surface area contributed by atoms with E-state index < -0.39 is 0 Å². The molecule has 5 heteroatoms. The van der Waals surface area contributed by atoms with Crippen LogP contribution < -0.4 is 10.2 Å². The minimum Gasteiger partial charge on any atom is -0.357 e. The van der Waals surface area contributed by atoms with E-state index in [0.717, 1.165) is 23.0 Å². The summed E-state index contributed by atoms with van der Waals surface area (Å²) in [6.07, 6.45) is 7.67. The first-order chi connectivity index (χ1) is 10.2. The Labute approximate surface area is 130 Å². The number of hydrogen-bond acceptors (Lipinski definition) is 5. The smallest absolute Gasteiger partial charge is 0.225 e. The lowest BCUT2D eigenvalue weighted by molar-refractivity contribution is 0.426. The second-order valence-corrected chi connectivity index (χ2v) is 6.92. The van der Waals surface area contributed by atoms with E-state index in [1.807, 2.05) is 7.05 Å². The molecule has 114 valence electrons. The van der Waals surface area contributed by atoms with E-state index in [4.69, 9.17) is 4.98 Å². The largest absolute Gasteiger partial charge is 0.357 e. The van der Waals surface area contributed by atoms with Crippen LogP contribution in [0.1, 0.15) is 43.9 Å². The fourth-order valence-corrected chi connectivity index (χ4v) is 4.11. The molecule has 0 saturated heterocycles. The fraction of sp³-hybridized carbons (Fsp3) is 0.625. The van der Waals surface area contributed by atoms with Crippen molar-refractivity contribution < 1.29 is 0 Å². The number of nitrogens with zero attached hydrogens (tertiary/aromatic N) is 3. The molecular weight excluding hydrogens is 280 g/mol. The summed E-state index contributed by atoms with van der Waals surface area (Å²) < 4.78 is 0. The predicted molar refractivity (Wildman–Crippen MR) is 91.6 cm³/mol. The molecular formula is C16H24N4S. The van der Waals surface area contributed by atoms with Gasteiger partial charge in [-0.15, -0.1) is 11.3 Å². The van der Waals surface area contributed by atoms with Crippen molar-refractivity contribution in [2.45, 2.75) is 51.5 Å². The van der Waals surface area contributed by atoms with Crippen molar-refractivity contribution in [2.24, 2.45) is 0 Å². The van der Waals surface area contributed by atoms with Gasteiger partial charge in [-0.1, -0.05) is 26.2 Å². The Hall–Kier alpha value is -1.36. The molecule has 3 rings (SSSR count). The molecule has 0 bridgehead atoms. The van der Waals surface area contributed by atoms with Gasteiger partial charge in [-0.05, 0) is 25.3 Å². The lowest BCUT2D eigenvalue weighted by Crippen LogP contribution is -2.34. The van der Waals surface area contributed by atoms with Gasteiger partial charge in [0, 0.05) is 25.0 Å². The monoisotopic (exact) mass is 304 g/mol. The van der Waals surface area contributed by atoms with E-state index in [1.54, 1.807) is 11.3 Å². The van der Waals surface area contributed by atoms with Crippen LogP contribution >= 0.6 is 11.3 Å². The third-order valence-electron chi connectivity index (χ3n) is 4.45. The molecule has 4 nitrogen and oxygen atoms in total. The summed E-state index contributed by atoms with van der Waals surface area (Å²) in [5.74, 6) is 1.82. The SMILES string of the molecule is CCc1cc2c(N(C)C3CCCCC3)nc(NC)nc2s1.